The Morgan fingerprint density at radius 3 is 2.29 bits per heavy atom. The molecule has 0 aromatic heterocycles. The Bertz CT molecular complexity index is 423. The zero-order chi connectivity index (χ0) is 15.9. The minimum atomic E-state index is -4.70. The quantitative estimate of drug-likeness (QED) is 0.772. The number of benzene rings is 1. The van der Waals surface area contributed by atoms with Crippen LogP contribution < -0.4 is 10.1 Å². The van der Waals surface area contributed by atoms with Gasteiger partial charge in [-0.05, 0) is 18.9 Å². The van der Waals surface area contributed by atoms with Crippen LogP contribution in [-0.4, -0.2) is 24.6 Å². The van der Waals surface area contributed by atoms with Crippen LogP contribution in [0.2, 0.25) is 0 Å². The van der Waals surface area contributed by atoms with E-state index >= 15 is 0 Å². The molecule has 3 nitrogen and oxygen atoms in total. The molecule has 21 heavy (non-hydrogen) atoms. The monoisotopic (exact) mass is 305 g/mol. The van der Waals surface area contributed by atoms with Crippen molar-refractivity contribution in [2.75, 3.05) is 13.2 Å². The smallest absolute Gasteiger partial charge is 0.405 e. The molecule has 0 aliphatic heterocycles. The maximum atomic E-state index is 12.3. The summed E-state index contributed by atoms with van der Waals surface area (Å²) in [4.78, 5) is 0. The lowest BCUT2D eigenvalue weighted by atomic mass is 9.83. The van der Waals surface area contributed by atoms with Gasteiger partial charge in [0.15, 0.2) is 0 Å². The predicted molar refractivity (Wildman–Crippen MR) is 74.9 cm³/mol. The van der Waals surface area contributed by atoms with Crippen molar-refractivity contribution in [1.82, 2.24) is 5.32 Å². The van der Waals surface area contributed by atoms with Gasteiger partial charge in [0.1, 0.15) is 5.75 Å². The second-order valence-corrected chi connectivity index (χ2v) is 5.12. The first-order valence-corrected chi connectivity index (χ1v) is 7.01. The van der Waals surface area contributed by atoms with Gasteiger partial charge in [0.2, 0.25) is 0 Å². The first kappa shape index (κ1) is 17.8. The van der Waals surface area contributed by atoms with Crippen LogP contribution in [0.25, 0.3) is 0 Å². The minimum absolute atomic E-state index is 0.0493. The molecule has 0 amide bonds. The van der Waals surface area contributed by atoms with E-state index in [2.05, 4.69) is 10.1 Å². The number of nitrogens with one attached hydrogen (secondary N) is 1. The van der Waals surface area contributed by atoms with Crippen molar-refractivity contribution in [3.05, 3.63) is 29.8 Å². The largest absolute Gasteiger partial charge is 0.573 e. The standard InChI is InChI=1S/C15H22F3NO2/c1-3-14(4-2,11-20)10-19-9-12-7-5-6-8-13(12)21-15(16,17)18/h5-8,19-20H,3-4,9-11H2,1-2H3. The first-order chi connectivity index (χ1) is 9.86. The highest BCUT2D eigenvalue weighted by atomic mass is 19.4. The third-order valence-electron chi connectivity index (χ3n) is 3.85. The highest BCUT2D eigenvalue weighted by Gasteiger charge is 2.32. The van der Waals surface area contributed by atoms with Gasteiger partial charge in [-0.2, -0.15) is 0 Å². The van der Waals surface area contributed by atoms with E-state index in [0.717, 1.165) is 12.8 Å². The molecule has 0 saturated carbocycles. The van der Waals surface area contributed by atoms with Crippen molar-refractivity contribution in [2.45, 2.75) is 39.6 Å². The predicted octanol–water partition coefficient (Wildman–Crippen LogP) is 3.47. The van der Waals surface area contributed by atoms with Gasteiger partial charge in [-0.1, -0.05) is 32.0 Å². The van der Waals surface area contributed by atoms with Gasteiger partial charge in [0, 0.05) is 30.7 Å². The third kappa shape index (κ3) is 5.55. The van der Waals surface area contributed by atoms with Crippen LogP contribution in [0.1, 0.15) is 32.3 Å². The lowest BCUT2D eigenvalue weighted by Crippen LogP contribution is -2.36. The molecule has 1 aromatic carbocycles. The van der Waals surface area contributed by atoms with E-state index in [1.807, 2.05) is 13.8 Å². The molecule has 0 saturated heterocycles. The van der Waals surface area contributed by atoms with Crippen LogP contribution in [0, 0.1) is 5.41 Å². The summed E-state index contributed by atoms with van der Waals surface area (Å²) >= 11 is 0. The maximum absolute atomic E-state index is 12.3. The van der Waals surface area contributed by atoms with E-state index in [4.69, 9.17) is 0 Å². The van der Waals surface area contributed by atoms with Crippen molar-refractivity contribution in [2.24, 2.45) is 5.41 Å². The Morgan fingerprint density at radius 1 is 1.14 bits per heavy atom. The Kier molecular flexibility index (Phi) is 6.48. The van der Waals surface area contributed by atoms with Gasteiger partial charge in [0.25, 0.3) is 0 Å². The van der Waals surface area contributed by atoms with Gasteiger partial charge >= 0.3 is 6.36 Å². The summed E-state index contributed by atoms with van der Waals surface area (Å²) in [5, 5.41) is 12.6. The summed E-state index contributed by atoms with van der Waals surface area (Å²) in [5.41, 5.74) is 0.202. The number of hydrogen-bond donors (Lipinski definition) is 2. The number of para-hydroxylation sites is 1. The van der Waals surface area contributed by atoms with Crippen LogP contribution in [-0.2, 0) is 6.54 Å². The average Bonchev–Trinajstić information content (AvgIpc) is 2.44. The van der Waals surface area contributed by atoms with E-state index in [1.54, 1.807) is 12.1 Å². The normalized spacial score (nSPS) is 12.5. The third-order valence-corrected chi connectivity index (χ3v) is 3.85. The molecule has 2 N–H and O–H groups in total. The molecule has 0 bridgehead atoms. The zero-order valence-corrected chi connectivity index (χ0v) is 12.3. The summed E-state index contributed by atoms with van der Waals surface area (Å²) in [6.07, 6.45) is -3.10. The number of halogens is 3. The Balaban J connectivity index is 2.67. The molecular weight excluding hydrogens is 283 g/mol. The van der Waals surface area contributed by atoms with Gasteiger partial charge in [-0.3, -0.25) is 0 Å². The minimum Gasteiger partial charge on any atom is -0.405 e. The molecule has 0 aliphatic rings. The van der Waals surface area contributed by atoms with Gasteiger partial charge in [-0.25, -0.2) is 0 Å². The van der Waals surface area contributed by atoms with Crippen LogP contribution in [0.15, 0.2) is 24.3 Å². The summed E-state index contributed by atoms with van der Waals surface area (Å²) < 4.78 is 41.0. The Labute approximate surface area is 123 Å². The molecule has 120 valence electrons. The lowest BCUT2D eigenvalue weighted by Gasteiger charge is -2.29. The molecule has 0 heterocycles. The highest BCUT2D eigenvalue weighted by Crippen LogP contribution is 2.27. The van der Waals surface area contributed by atoms with E-state index in [1.165, 1.54) is 12.1 Å². The average molecular weight is 305 g/mol. The molecule has 0 aliphatic carbocycles. The number of ether oxygens (including phenoxy) is 1. The molecule has 6 heteroatoms. The highest BCUT2D eigenvalue weighted by molar-refractivity contribution is 5.33. The molecule has 1 rings (SSSR count). The van der Waals surface area contributed by atoms with Crippen molar-refractivity contribution >= 4 is 0 Å². The van der Waals surface area contributed by atoms with Crippen molar-refractivity contribution < 1.29 is 23.0 Å². The zero-order valence-electron chi connectivity index (χ0n) is 12.3. The maximum Gasteiger partial charge on any atom is 0.573 e. The van der Waals surface area contributed by atoms with E-state index < -0.39 is 6.36 Å². The molecule has 0 fully saturated rings. The number of rotatable bonds is 8. The van der Waals surface area contributed by atoms with Gasteiger partial charge < -0.3 is 15.2 Å². The fourth-order valence-electron chi connectivity index (χ4n) is 2.12. The van der Waals surface area contributed by atoms with Crippen molar-refractivity contribution in [3.8, 4) is 5.75 Å². The summed E-state index contributed by atoms with van der Waals surface area (Å²) in [7, 11) is 0. The van der Waals surface area contributed by atoms with E-state index in [9.17, 15) is 18.3 Å². The second kappa shape index (κ2) is 7.66. The lowest BCUT2D eigenvalue weighted by molar-refractivity contribution is -0.274. The van der Waals surface area contributed by atoms with Crippen LogP contribution in [0.3, 0.4) is 0 Å². The van der Waals surface area contributed by atoms with Crippen LogP contribution in [0.5, 0.6) is 5.75 Å². The topological polar surface area (TPSA) is 41.5 Å². The Hall–Kier alpha value is -1.27. The molecule has 0 radical (unpaired) electrons. The van der Waals surface area contributed by atoms with Crippen molar-refractivity contribution in [1.29, 1.82) is 0 Å². The first-order valence-electron chi connectivity index (χ1n) is 7.01. The Morgan fingerprint density at radius 2 is 1.76 bits per heavy atom. The molecule has 0 atom stereocenters. The molecule has 1 aromatic rings. The molecule has 0 spiro atoms. The number of aliphatic hydroxyl groups excluding tert-OH is 1. The number of hydrogen-bond acceptors (Lipinski definition) is 3. The SMILES string of the molecule is CCC(CC)(CO)CNCc1ccccc1OC(F)(F)F. The van der Waals surface area contributed by atoms with Gasteiger partial charge in [0.05, 0.1) is 0 Å². The number of aliphatic hydroxyl groups is 1. The second-order valence-electron chi connectivity index (χ2n) is 5.12. The van der Waals surface area contributed by atoms with Crippen LogP contribution in [0.4, 0.5) is 13.2 Å². The van der Waals surface area contributed by atoms with E-state index in [0.29, 0.717) is 12.1 Å². The van der Waals surface area contributed by atoms with Crippen molar-refractivity contribution in [3.63, 3.8) is 0 Å². The van der Waals surface area contributed by atoms with Crippen LogP contribution >= 0.6 is 0 Å². The van der Waals surface area contributed by atoms with E-state index in [-0.39, 0.29) is 24.3 Å². The summed E-state index contributed by atoms with van der Waals surface area (Å²) in [6.45, 7) is 4.82. The fourth-order valence-corrected chi connectivity index (χ4v) is 2.12. The summed E-state index contributed by atoms with van der Waals surface area (Å²) in [5.74, 6) is -0.194. The summed E-state index contributed by atoms with van der Waals surface area (Å²) in [6, 6.07) is 6.05. The fraction of sp³-hybridized carbons (Fsp3) is 0.600. The molecular formula is C15H22F3NO2. The molecule has 0 unspecified atom stereocenters. The van der Waals surface area contributed by atoms with Gasteiger partial charge in [-0.15, -0.1) is 13.2 Å². The number of alkyl halides is 3.